The van der Waals surface area contributed by atoms with E-state index in [1.165, 1.54) is 6.92 Å². The number of hydrogen-bond donors (Lipinski definition) is 3. The first-order valence-corrected chi connectivity index (χ1v) is 7.21. The largest absolute Gasteiger partial charge is 0.480 e. The van der Waals surface area contributed by atoms with Gasteiger partial charge in [0.15, 0.2) is 5.92 Å². The quantitative estimate of drug-likeness (QED) is 0.371. The molecule has 0 aromatic heterocycles. The Balaban J connectivity index is 2.94. The van der Waals surface area contributed by atoms with Crippen molar-refractivity contribution in [3.63, 3.8) is 0 Å². The second-order valence-electron chi connectivity index (χ2n) is 5.37. The summed E-state index contributed by atoms with van der Waals surface area (Å²) in [5.41, 5.74) is 0. The first-order chi connectivity index (χ1) is 11.2. The third-order valence-corrected chi connectivity index (χ3v) is 3.84. The van der Waals surface area contributed by atoms with Crippen LogP contribution in [-0.4, -0.2) is 61.1 Å². The third-order valence-electron chi connectivity index (χ3n) is 3.84. The van der Waals surface area contributed by atoms with Crippen LogP contribution in [0.3, 0.4) is 0 Å². The van der Waals surface area contributed by atoms with Gasteiger partial charge in [-0.05, 0) is 6.42 Å². The van der Waals surface area contributed by atoms with Crippen molar-refractivity contribution in [3.8, 4) is 0 Å². The molecular weight excluding hydrogens is 324 g/mol. The summed E-state index contributed by atoms with van der Waals surface area (Å²) in [5.74, 6) is -7.03. The average molecular weight is 344 g/mol. The van der Waals surface area contributed by atoms with E-state index in [0.29, 0.717) is 0 Å². The fourth-order valence-corrected chi connectivity index (χ4v) is 2.45. The van der Waals surface area contributed by atoms with Crippen LogP contribution in [0.5, 0.6) is 0 Å². The molecule has 24 heavy (non-hydrogen) atoms. The van der Waals surface area contributed by atoms with Crippen molar-refractivity contribution in [1.82, 2.24) is 10.6 Å². The topological polar surface area (TPSA) is 148 Å². The summed E-state index contributed by atoms with van der Waals surface area (Å²) in [5, 5.41) is 14.0. The number of aliphatic carboxylic acids is 1. The number of carbonyl (C=O) groups excluding carboxylic acids is 4. The van der Waals surface area contributed by atoms with Gasteiger partial charge >= 0.3 is 17.9 Å². The van der Waals surface area contributed by atoms with E-state index < -0.39 is 47.7 Å². The highest BCUT2D eigenvalue weighted by atomic mass is 16.5. The molecule has 0 aromatic carbocycles. The number of hydrogen-bond acceptors (Lipinski definition) is 7. The molecule has 0 unspecified atom stereocenters. The summed E-state index contributed by atoms with van der Waals surface area (Å²) in [6.45, 7) is 1.31. The van der Waals surface area contributed by atoms with Gasteiger partial charge in [-0.3, -0.25) is 19.2 Å². The van der Waals surface area contributed by atoms with Crippen LogP contribution < -0.4 is 10.6 Å². The minimum atomic E-state index is -1.54. The van der Waals surface area contributed by atoms with E-state index in [9.17, 15) is 29.1 Å². The second-order valence-corrected chi connectivity index (χ2v) is 5.37. The van der Waals surface area contributed by atoms with Gasteiger partial charge in [-0.1, -0.05) is 6.92 Å². The van der Waals surface area contributed by atoms with Crippen LogP contribution in [0.2, 0.25) is 0 Å². The van der Waals surface area contributed by atoms with Crippen molar-refractivity contribution in [2.75, 3.05) is 14.2 Å². The maximum absolute atomic E-state index is 12.1. The monoisotopic (exact) mass is 344 g/mol. The zero-order chi connectivity index (χ0) is 18.4. The molecule has 134 valence electrons. The number of carbonyl (C=O) groups is 5. The normalized spacial score (nSPS) is 19.2. The highest BCUT2D eigenvalue weighted by molar-refractivity contribution is 5.97. The number of carboxylic acid groups (broad SMARTS) is 1. The Labute approximate surface area is 137 Å². The number of nitrogens with one attached hydrogen (secondary N) is 2. The van der Waals surface area contributed by atoms with E-state index in [1.807, 2.05) is 0 Å². The Kier molecular flexibility index (Phi) is 6.69. The van der Waals surface area contributed by atoms with E-state index in [0.717, 1.165) is 14.2 Å². The highest BCUT2D eigenvalue weighted by Gasteiger charge is 2.43. The van der Waals surface area contributed by atoms with Crippen molar-refractivity contribution < 1.29 is 38.6 Å². The van der Waals surface area contributed by atoms with Gasteiger partial charge in [0.1, 0.15) is 12.1 Å². The first-order valence-electron chi connectivity index (χ1n) is 7.21. The molecule has 10 heteroatoms. The Hall–Kier alpha value is -2.65. The third kappa shape index (κ3) is 4.43. The Bertz CT molecular complexity index is 531. The molecule has 0 aliphatic carbocycles. The minimum Gasteiger partial charge on any atom is -0.480 e. The Morgan fingerprint density at radius 2 is 1.75 bits per heavy atom. The van der Waals surface area contributed by atoms with Crippen LogP contribution in [0.1, 0.15) is 19.8 Å². The molecule has 0 radical (unpaired) electrons. The first kappa shape index (κ1) is 19.4. The van der Waals surface area contributed by atoms with Crippen LogP contribution in [-0.2, 0) is 33.4 Å². The van der Waals surface area contributed by atoms with Crippen molar-refractivity contribution in [2.24, 2.45) is 11.8 Å². The molecule has 1 heterocycles. The number of carboxylic acids is 1. The lowest BCUT2D eigenvalue weighted by Crippen LogP contribution is -2.54. The van der Waals surface area contributed by atoms with Crippen molar-refractivity contribution in [1.29, 1.82) is 0 Å². The number of ether oxygens (including phenoxy) is 2. The summed E-state index contributed by atoms with van der Waals surface area (Å²) >= 11 is 0. The van der Waals surface area contributed by atoms with E-state index in [4.69, 9.17) is 0 Å². The van der Waals surface area contributed by atoms with E-state index in [1.54, 1.807) is 0 Å². The molecule has 1 saturated heterocycles. The predicted octanol–water partition coefficient (Wildman–Crippen LogP) is -1.57. The summed E-state index contributed by atoms with van der Waals surface area (Å²) in [6, 6.07) is -2.39. The van der Waals surface area contributed by atoms with Crippen molar-refractivity contribution in [2.45, 2.75) is 31.8 Å². The second kappa shape index (κ2) is 8.27. The van der Waals surface area contributed by atoms with Crippen molar-refractivity contribution in [3.05, 3.63) is 0 Å². The lowest BCUT2D eigenvalue weighted by atomic mass is 9.87. The van der Waals surface area contributed by atoms with Crippen LogP contribution in [0, 0.1) is 11.8 Å². The minimum absolute atomic E-state index is 0.165. The van der Waals surface area contributed by atoms with Gasteiger partial charge < -0.3 is 25.2 Å². The summed E-state index contributed by atoms with van der Waals surface area (Å²) in [6.07, 6.45) is 0.404. The predicted molar refractivity (Wildman–Crippen MR) is 77.4 cm³/mol. The fraction of sp³-hybridized carbons (Fsp3) is 0.643. The molecule has 2 amide bonds. The summed E-state index contributed by atoms with van der Waals surface area (Å²) in [4.78, 5) is 58.3. The Morgan fingerprint density at radius 3 is 2.12 bits per heavy atom. The molecule has 1 fully saturated rings. The molecule has 1 aliphatic heterocycles. The molecule has 0 aromatic rings. The summed E-state index contributed by atoms with van der Waals surface area (Å²) in [7, 11) is 2.10. The molecule has 10 nitrogen and oxygen atoms in total. The number of rotatable bonds is 7. The van der Waals surface area contributed by atoms with E-state index in [2.05, 4.69) is 20.1 Å². The van der Waals surface area contributed by atoms with Gasteiger partial charge in [-0.2, -0.15) is 0 Å². The molecule has 0 bridgehead atoms. The van der Waals surface area contributed by atoms with E-state index >= 15 is 0 Å². The molecule has 0 spiro atoms. The zero-order valence-corrected chi connectivity index (χ0v) is 13.5. The van der Waals surface area contributed by atoms with Gasteiger partial charge in [-0.25, -0.2) is 4.79 Å². The van der Waals surface area contributed by atoms with E-state index in [-0.39, 0.29) is 18.7 Å². The average Bonchev–Trinajstić information content (AvgIpc) is 2.98. The molecule has 3 N–H and O–H groups in total. The highest BCUT2D eigenvalue weighted by Crippen LogP contribution is 2.20. The maximum Gasteiger partial charge on any atom is 0.326 e. The Morgan fingerprint density at radius 1 is 1.21 bits per heavy atom. The standard InChI is InChI=1S/C14H20N2O8/c1-6(9(13(21)23-2)14(22)24-3)10(12(19)20)16-11(18)7-4-5-8(17)15-7/h6-7,9-10H,4-5H2,1-3H3,(H,15,17)(H,16,18)(H,19,20)/t6-,7+,10-/m0/s1. The fourth-order valence-electron chi connectivity index (χ4n) is 2.45. The molecule has 1 rings (SSSR count). The van der Waals surface area contributed by atoms with Crippen LogP contribution in [0.25, 0.3) is 0 Å². The SMILES string of the molecule is COC(=O)C(C(=O)OC)[C@H](C)[C@H](NC(=O)[C@H]1CCC(=O)N1)C(=O)O. The maximum atomic E-state index is 12.1. The molecule has 1 aliphatic rings. The van der Waals surface area contributed by atoms with Crippen molar-refractivity contribution >= 4 is 29.7 Å². The number of amides is 2. The van der Waals surface area contributed by atoms with Gasteiger partial charge in [-0.15, -0.1) is 0 Å². The lowest BCUT2D eigenvalue weighted by Gasteiger charge is -2.26. The zero-order valence-electron chi connectivity index (χ0n) is 13.5. The van der Waals surface area contributed by atoms with Crippen LogP contribution >= 0.6 is 0 Å². The van der Waals surface area contributed by atoms with Crippen LogP contribution in [0.15, 0.2) is 0 Å². The number of methoxy groups -OCH3 is 2. The van der Waals surface area contributed by atoms with Gasteiger partial charge in [0, 0.05) is 12.3 Å². The van der Waals surface area contributed by atoms with Gasteiger partial charge in [0.25, 0.3) is 0 Å². The lowest BCUT2D eigenvalue weighted by molar-refractivity contribution is -0.163. The van der Waals surface area contributed by atoms with Crippen LogP contribution in [0.4, 0.5) is 0 Å². The molecule has 3 atom stereocenters. The number of esters is 2. The van der Waals surface area contributed by atoms with Gasteiger partial charge in [0.05, 0.1) is 14.2 Å². The summed E-state index contributed by atoms with van der Waals surface area (Å²) < 4.78 is 9.01. The smallest absolute Gasteiger partial charge is 0.326 e. The molecular formula is C14H20N2O8. The van der Waals surface area contributed by atoms with Gasteiger partial charge in [0.2, 0.25) is 11.8 Å². The molecule has 0 saturated carbocycles.